The number of nitrogen functional groups attached to an aromatic ring is 1. The van der Waals surface area contributed by atoms with Crippen molar-refractivity contribution in [3.63, 3.8) is 0 Å². The topological polar surface area (TPSA) is 110 Å². The quantitative estimate of drug-likeness (QED) is 0.578. The molecule has 0 fully saturated rings. The Balaban J connectivity index is 1.82. The maximum Gasteiger partial charge on any atom is 0.416 e. The molecule has 3 aromatic rings. The summed E-state index contributed by atoms with van der Waals surface area (Å²) in [5, 5.41) is 4.91. The van der Waals surface area contributed by atoms with Gasteiger partial charge in [0, 0.05) is 24.7 Å². The number of rotatable bonds is 5. The molecule has 1 heterocycles. The average Bonchev–Trinajstić information content (AvgIpc) is 2.77. The lowest BCUT2D eigenvalue weighted by atomic mass is 10.1. The van der Waals surface area contributed by atoms with Crippen molar-refractivity contribution in [2.45, 2.75) is 12.7 Å². The molecule has 31 heavy (non-hydrogen) atoms. The highest BCUT2D eigenvalue weighted by molar-refractivity contribution is 5.97. The molecule has 0 aliphatic rings. The maximum atomic E-state index is 13.1. The number of hydrogen-bond donors (Lipinski definition) is 3. The summed E-state index contributed by atoms with van der Waals surface area (Å²) in [5.41, 5.74) is 5.79. The SMILES string of the molecule is CNC(=O)c1nc(-c2cccc(C(=O)NCc3ccccc3C(F)(F)F)c2)cnc1N. The number of aromatic nitrogens is 2. The largest absolute Gasteiger partial charge is 0.416 e. The van der Waals surface area contributed by atoms with E-state index in [4.69, 9.17) is 5.73 Å². The number of nitrogens with two attached hydrogens (primary N) is 1. The van der Waals surface area contributed by atoms with Crippen LogP contribution in [0.2, 0.25) is 0 Å². The average molecular weight is 429 g/mol. The Morgan fingerprint density at radius 3 is 2.52 bits per heavy atom. The second-order valence-corrected chi connectivity index (χ2v) is 6.49. The molecule has 7 nitrogen and oxygen atoms in total. The zero-order valence-corrected chi connectivity index (χ0v) is 16.3. The Morgan fingerprint density at radius 2 is 1.81 bits per heavy atom. The lowest BCUT2D eigenvalue weighted by Crippen LogP contribution is -2.24. The van der Waals surface area contributed by atoms with Crippen molar-refractivity contribution in [2.24, 2.45) is 0 Å². The highest BCUT2D eigenvalue weighted by atomic mass is 19.4. The van der Waals surface area contributed by atoms with E-state index in [1.54, 1.807) is 12.1 Å². The minimum atomic E-state index is -4.52. The lowest BCUT2D eigenvalue weighted by molar-refractivity contribution is -0.138. The van der Waals surface area contributed by atoms with Crippen LogP contribution in [-0.2, 0) is 12.7 Å². The van der Waals surface area contributed by atoms with Gasteiger partial charge in [-0.2, -0.15) is 13.2 Å². The van der Waals surface area contributed by atoms with Crippen molar-refractivity contribution >= 4 is 17.6 Å². The number of nitrogens with zero attached hydrogens (tertiary/aromatic N) is 2. The number of halogens is 3. The molecule has 1 aromatic heterocycles. The summed E-state index contributed by atoms with van der Waals surface area (Å²) in [4.78, 5) is 32.5. The third kappa shape index (κ3) is 4.97. The van der Waals surface area contributed by atoms with Crippen LogP contribution < -0.4 is 16.4 Å². The van der Waals surface area contributed by atoms with Gasteiger partial charge in [0.2, 0.25) is 0 Å². The number of anilines is 1. The highest BCUT2D eigenvalue weighted by Gasteiger charge is 2.32. The fourth-order valence-electron chi connectivity index (χ4n) is 2.87. The third-order valence-corrected chi connectivity index (χ3v) is 4.43. The molecular weight excluding hydrogens is 411 g/mol. The molecule has 2 aromatic carbocycles. The number of hydrogen-bond acceptors (Lipinski definition) is 5. The lowest BCUT2D eigenvalue weighted by Gasteiger charge is -2.13. The highest BCUT2D eigenvalue weighted by Crippen LogP contribution is 2.31. The number of carbonyl (C=O) groups excluding carboxylic acids is 2. The smallest absolute Gasteiger partial charge is 0.382 e. The molecule has 0 atom stereocenters. The van der Waals surface area contributed by atoms with Crippen LogP contribution in [0.15, 0.2) is 54.7 Å². The van der Waals surface area contributed by atoms with Gasteiger partial charge in [0.1, 0.15) is 0 Å². The minimum Gasteiger partial charge on any atom is -0.382 e. The van der Waals surface area contributed by atoms with Crippen LogP contribution in [0.3, 0.4) is 0 Å². The maximum absolute atomic E-state index is 13.1. The first-order valence-corrected chi connectivity index (χ1v) is 9.09. The first-order chi connectivity index (χ1) is 14.7. The van der Waals surface area contributed by atoms with E-state index in [1.807, 2.05) is 0 Å². The predicted molar refractivity (Wildman–Crippen MR) is 108 cm³/mol. The fourth-order valence-corrected chi connectivity index (χ4v) is 2.87. The van der Waals surface area contributed by atoms with Crippen LogP contribution in [0.5, 0.6) is 0 Å². The molecule has 4 N–H and O–H groups in total. The normalized spacial score (nSPS) is 11.1. The Hall–Kier alpha value is -3.95. The van der Waals surface area contributed by atoms with Crippen molar-refractivity contribution < 1.29 is 22.8 Å². The summed E-state index contributed by atoms with van der Waals surface area (Å²) in [6, 6.07) is 11.3. The summed E-state index contributed by atoms with van der Waals surface area (Å²) in [5.74, 6) is -1.11. The molecule has 0 radical (unpaired) electrons. The van der Waals surface area contributed by atoms with Crippen LogP contribution >= 0.6 is 0 Å². The third-order valence-electron chi connectivity index (χ3n) is 4.43. The summed E-state index contributed by atoms with van der Waals surface area (Å²) in [6.07, 6.45) is -3.16. The van der Waals surface area contributed by atoms with E-state index in [9.17, 15) is 22.8 Å². The second kappa shape index (κ2) is 8.82. The van der Waals surface area contributed by atoms with Gasteiger partial charge in [0.05, 0.1) is 17.5 Å². The fraction of sp³-hybridized carbons (Fsp3) is 0.143. The van der Waals surface area contributed by atoms with E-state index < -0.39 is 23.6 Å². The van der Waals surface area contributed by atoms with Crippen molar-refractivity contribution in [2.75, 3.05) is 12.8 Å². The molecule has 10 heteroatoms. The number of benzene rings is 2. The first-order valence-electron chi connectivity index (χ1n) is 9.09. The first kappa shape index (κ1) is 21.8. The molecule has 0 spiro atoms. The molecule has 0 aliphatic heterocycles. The number of carbonyl (C=O) groups is 2. The molecule has 2 amide bonds. The molecular formula is C21H18F3N5O2. The minimum absolute atomic E-state index is 0.0414. The standard InChI is InChI=1S/C21H18F3N5O2/c1-26-20(31)17-18(25)27-11-16(29-17)12-6-4-7-13(9-12)19(30)28-10-14-5-2-3-8-15(14)21(22,23)24/h2-9,11H,10H2,1H3,(H2,25,27)(H,26,31)(H,28,30). The van der Waals surface area contributed by atoms with E-state index in [0.717, 1.165) is 6.07 Å². The second-order valence-electron chi connectivity index (χ2n) is 6.49. The molecule has 0 bridgehead atoms. The van der Waals surface area contributed by atoms with Gasteiger partial charge in [-0.1, -0.05) is 30.3 Å². The van der Waals surface area contributed by atoms with E-state index in [-0.39, 0.29) is 29.2 Å². The monoisotopic (exact) mass is 429 g/mol. The van der Waals surface area contributed by atoms with Crippen LogP contribution in [-0.4, -0.2) is 28.8 Å². The Labute approximate surface area is 175 Å². The van der Waals surface area contributed by atoms with Gasteiger partial charge in [-0.3, -0.25) is 9.59 Å². The molecule has 0 aliphatic carbocycles. The van der Waals surface area contributed by atoms with Crippen molar-refractivity contribution in [3.8, 4) is 11.3 Å². The van der Waals surface area contributed by atoms with Crippen LogP contribution in [0, 0.1) is 0 Å². The summed E-state index contributed by atoms with van der Waals surface area (Å²) in [6.45, 7) is -0.290. The molecule has 0 saturated heterocycles. The van der Waals surface area contributed by atoms with Gasteiger partial charge in [0.15, 0.2) is 11.5 Å². The van der Waals surface area contributed by atoms with Crippen molar-refractivity contribution in [3.05, 3.63) is 77.1 Å². The summed E-state index contributed by atoms with van der Waals surface area (Å²) < 4.78 is 39.4. The van der Waals surface area contributed by atoms with E-state index >= 15 is 0 Å². The van der Waals surface area contributed by atoms with Crippen molar-refractivity contribution in [1.29, 1.82) is 0 Å². The zero-order valence-electron chi connectivity index (χ0n) is 16.3. The van der Waals surface area contributed by atoms with E-state index in [1.165, 1.54) is 43.6 Å². The van der Waals surface area contributed by atoms with Crippen LogP contribution in [0.1, 0.15) is 32.0 Å². The van der Waals surface area contributed by atoms with Crippen molar-refractivity contribution in [1.82, 2.24) is 20.6 Å². The van der Waals surface area contributed by atoms with E-state index in [0.29, 0.717) is 11.3 Å². The summed E-state index contributed by atoms with van der Waals surface area (Å²) >= 11 is 0. The number of alkyl halides is 3. The van der Waals surface area contributed by atoms with Gasteiger partial charge in [0.25, 0.3) is 11.8 Å². The molecule has 160 valence electrons. The van der Waals surface area contributed by atoms with Crippen LogP contribution in [0.25, 0.3) is 11.3 Å². The predicted octanol–water partition coefficient (Wildman–Crippen LogP) is 3.03. The van der Waals surface area contributed by atoms with Gasteiger partial charge in [-0.25, -0.2) is 9.97 Å². The van der Waals surface area contributed by atoms with E-state index in [2.05, 4.69) is 20.6 Å². The van der Waals surface area contributed by atoms with Gasteiger partial charge >= 0.3 is 6.18 Å². The Morgan fingerprint density at radius 1 is 1.06 bits per heavy atom. The van der Waals surface area contributed by atoms with Gasteiger partial charge < -0.3 is 16.4 Å². The Kier molecular flexibility index (Phi) is 6.19. The van der Waals surface area contributed by atoms with Gasteiger partial charge in [-0.05, 0) is 23.8 Å². The zero-order chi connectivity index (χ0) is 22.6. The Bertz CT molecular complexity index is 1130. The number of amides is 2. The van der Waals surface area contributed by atoms with Gasteiger partial charge in [-0.15, -0.1) is 0 Å². The van der Waals surface area contributed by atoms with Crippen LogP contribution in [0.4, 0.5) is 19.0 Å². The molecule has 0 unspecified atom stereocenters. The summed E-state index contributed by atoms with van der Waals surface area (Å²) in [7, 11) is 1.43. The number of nitrogens with one attached hydrogen (secondary N) is 2. The molecule has 0 saturated carbocycles. The molecule has 3 rings (SSSR count).